The first-order valence-electron chi connectivity index (χ1n) is 7.01. The summed E-state index contributed by atoms with van der Waals surface area (Å²) < 4.78 is 17.0. The standard InChI is InChI=1S/C15H23NO3/c1-3-9-18-15-13(16)10-14(15)19-12-7-5-11(6-8-12)17-4-2/h5-8,13-15H,3-4,9-10,16H2,1-2H3. The zero-order chi connectivity index (χ0) is 13.7. The first kappa shape index (κ1) is 14.2. The molecule has 0 spiro atoms. The second kappa shape index (κ2) is 6.78. The highest BCUT2D eigenvalue weighted by molar-refractivity contribution is 5.31. The highest BCUT2D eigenvalue weighted by Crippen LogP contribution is 2.28. The van der Waals surface area contributed by atoms with Crippen molar-refractivity contribution in [3.05, 3.63) is 24.3 Å². The molecule has 1 aromatic carbocycles. The van der Waals surface area contributed by atoms with E-state index in [9.17, 15) is 0 Å². The fourth-order valence-electron chi connectivity index (χ4n) is 2.17. The largest absolute Gasteiger partial charge is 0.494 e. The highest BCUT2D eigenvalue weighted by atomic mass is 16.5. The summed E-state index contributed by atoms with van der Waals surface area (Å²) in [5.41, 5.74) is 5.95. The maximum Gasteiger partial charge on any atom is 0.128 e. The fourth-order valence-corrected chi connectivity index (χ4v) is 2.17. The maximum atomic E-state index is 5.95. The van der Waals surface area contributed by atoms with E-state index in [4.69, 9.17) is 19.9 Å². The molecule has 0 radical (unpaired) electrons. The Morgan fingerprint density at radius 3 is 2.42 bits per heavy atom. The van der Waals surface area contributed by atoms with Gasteiger partial charge in [-0.15, -0.1) is 0 Å². The molecule has 2 rings (SSSR count). The SMILES string of the molecule is CCCOC1C(N)CC1Oc1ccc(OCC)cc1. The lowest BCUT2D eigenvalue weighted by Gasteiger charge is -2.41. The molecule has 0 saturated heterocycles. The van der Waals surface area contributed by atoms with Crippen LogP contribution in [0.15, 0.2) is 24.3 Å². The van der Waals surface area contributed by atoms with E-state index in [1.807, 2.05) is 31.2 Å². The van der Waals surface area contributed by atoms with E-state index in [-0.39, 0.29) is 18.2 Å². The first-order chi connectivity index (χ1) is 9.24. The number of ether oxygens (including phenoxy) is 3. The molecule has 4 heteroatoms. The van der Waals surface area contributed by atoms with Gasteiger partial charge in [0.05, 0.1) is 6.61 Å². The first-order valence-corrected chi connectivity index (χ1v) is 7.01. The average molecular weight is 265 g/mol. The van der Waals surface area contributed by atoms with Crippen molar-refractivity contribution in [2.75, 3.05) is 13.2 Å². The summed E-state index contributed by atoms with van der Waals surface area (Å²) in [5.74, 6) is 1.70. The van der Waals surface area contributed by atoms with Crippen LogP contribution < -0.4 is 15.2 Å². The molecule has 2 N–H and O–H groups in total. The molecule has 0 bridgehead atoms. The van der Waals surface area contributed by atoms with Gasteiger partial charge in [0.15, 0.2) is 0 Å². The van der Waals surface area contributed by atoms with Gasteiger partial charge >= 0.3 is 0 Å². The van der Waals surface area contributed by atoms with Crippen molar-refractivity contribution in [2.45, 2.75) is 44.9 Å². The molecule has 1 saturated carbocycles. The molecule has 3 unspecified atom stereocenters. The van der Waals surface area contributed by atoms with E-state index in [0.29, 0.717) is 6.61 Å². The topological polar surface area (TPSA) is 53.7 Å². The Hall–Kier alpha value is -1.26. The van der Waals surface area contributed by atoms with Gasteiger partial charge < -0.3 is 19.9 Å². The zero-order valence-electron chi connectivity index (χ0n) is 11.7. The lowest BCUT2D eigenvalue weighted by molar-refractivity contribution is -0.0980. The van der Waals surface area contributed by atoms with Gasteiger partial charge in [0.25, 0.3) is 0 Å². The van der Waals surface area contributed by atoms with Crippen LogP contribution in [0, 0.1) is 0 Å². The predicted molar refractivity (Wildman–Crippen MR) is 74.7 cm³/mol. The lowest BCUT2D eigenvalue weighted by Crippen LogP contribution is -2.59. The van der Waals surface area contributed by atoms with Crippen molar-refractivity contribution >= 4 is 0 Å². The lowest BCUT2D eigenvalue weighted by atomic mass is 9.86. The van der Waals surface area contributed by atoms with Crippen molar-refractivity contribution in [3.63, 3.8) is 0 Å². The predicted octanol–water partition coefficient (Wildman–Crippen LogP) is 2.36. The Balaban J connectivity index is 1.86. The molecule has 19 heavy (non-hydrogen) atoms. The van der Waals surface area contributed by atoms with Crippen molar-refractivity contribution in [2.24, 2.45) is 5.73 Å². The molecule has 4 nitrogen and oxygen atoms in total. The monoisotopic (exact) mass is 265 g/mol. The van der Waals surface area contributed by atoms with Crippen LogP contribution in [0.25, 0.3) is 0 Å². The number of rotatable bonds is 7. The molecule has 1 aliphatic carbocycles. The van der Waals surface area contributed by atoms with Gasteiger partial charge in [-0.3, -0.25) is 0 Å². The molecule has 1 fully saturated rings. The minimum absolute atomic E-state index is 0.0199. The quantitative estimate of drug-likeness (QED) is 0.822. The van der Waals surface area contributed by atoms with Crippen LogP contribution in [-0.4, -0.2) is 31.5 Å². The van der Waals surface area contributed by atoms with E-state index in [1.54, 1.807) is 0 Å². The zero-order valence-corrected chi connectivity index (χ0v) is 11.7. The van der Waals surface area contributed by atoms with Gasteiger partial charge in [0, 0.05) is 19.1 Å². The van der Waals surface area contributed by atoms with Crippen molar-refractivity contribution in [3.8, 4) is 11.5 Å². The van der Waals surface area contributed by atoms with E-state index >= 15 is 0 Å². The number of nitrogens with two attached hydrogens (primary N) is 1. The van der Waals surface area contributed by atoms with Gasteiger partial charge in [-0.2, -0.15) is 0 Å². The summed E-state index contributed by atoms with van der Waals surface area (Å²) in [6.07, 6.45) is 1.94. The Morgan fingerprint density at radius 2 is 1.84 bits per heavy atom. The molecular formula is C15H23NO3. The molecule has 1 aromatic rings. The van der Waals surface area contributed by atoms with Crippen molar-refractivity contribution in [1.29, 1.82) is 0 Å². The van der Waals surface area contributed by atoms with E-state index in [2.05, 4.69) is 6.92 Å². The summed E-state index contributed by atoms with van der Waals surface area (Å²) in [5, 5.41) is 0. The van der Waals surface area contributed by atoms with Crippen molar-refractivity contribution < 1.29 is 14.2 Å². The molecule has 0 aliphatic heterocycles. The van der Waals surface area contributed by atoms with Crippen LogP contribution in [0.3, 0.4) is 0 Å². The molecule has 3 atom stereocenters. The summed E-state index contributed by atoms with van der Waals surface area (Å²) in [7, 11) is 0. The van der Waals surface area contributed by atoms with Crippen LogP contribution in [0.1, 0.15) is 26.7 Å². The van der Waals surface area contributed by atoms with Crippen LogP contribution in [0.4, 0.5) is 0 Å². The normalized spacial score (nSPS) is 25.7. The third-order valence-corrected chi connectivity index (χ3v) is 3.23. The minimum atomic E-state index is 0.0199. The number of benzene rings is 1. The van der Waals surface area contributed by atoms with Gasteiger partial charge in [-0.05, 0) is 37.6 Å². The van der Waals surface area contributed by atoms with E-state index in [0.717, 1.165) is 30.9 Å². The number of hydrogen-bond donors (Lipinski definition) is 1. The molecular weight excluding hydrogens is 242 g/mol. The van der Waals surface area contributed by atoms with Gasteiger partial charge in [-0.1, -0.05) is 6.92 Å². The summed E-state index contributed by atoms with van der Waals surface area (Å²) in [6, 6.07) is 7.77. The van der Waals surface area contributed by atoms with Gasteiger partial charge in [0.2, 0.25) is 0 Å². The summed E-state index contributed by atoms with van der Waals surface area (Å²) >= 11 is 0. The summed E-state index contributed by atoms with van der Waals surface area (Å²) in [4.78, 5) is 0. The van der Waals surface area contributed by atoms with Crippen LogP contribution >= 0.6 is 0 Å². The van der Waals surface area contributed by atoms with Crippen LogP contribution in [-0.2, 0) is 4.74 Å². The van der Waals surface area contributed by atoms with Crippen molar-refractivity contribution in [1.82, 2.24) is 0 Å². The van der Waals surface area contributed by atoms with Crippen LogP contribution in [0.2, 0.25) is 0 Å². The molecule has 1 aliphatic rings. The molecule has 106 valence electrons. The Labute approximate surface area is 114 Å². The van der Waals surface area contributed by atoms with E-state index in [1.165, 1.54) is 0 Å². The Morgan fingerprint density at radius 1 is 1.16 bits per heavy atom. The van der Waals surface area contributed by atoms with Crippen LogP contribution in [0.5, 0.6) is 11.5 Å². The second-order valence-corrected chi connectivity index (χ2v) is 4.80. The Kier molecular flexibility index (Phi) is 5.05. The highest BCUT2D eigenvalue weighted by Gasteiger charge is 2.41. The average Bonchev–Trinajstić information content (AvgIpc) is 2.41. The smallest absolute Gasteiger partial charge is 0.128 e. The molecule has 0 aromatic heterocycles. The third kappa shape index (κ3) is 3.61. The Bertz CT molecular complexity index is 379. The maximum absolute atomic E-state index is 5.95. The summed E-state index contributed by atoms with van der Waals surface area (Å²) in [6.45, 7) is 5.47. The molecule has 0 amide bonds. The molecule has 0 heterocycles. The van der Waals surface area contributed by atoms with Gasteiger partial charge in [-0.25, -0.2) is 0 Å². The number of hydrogen-bond acceptors (Lipinski definition) is 4. The van der Waals surface area contributed by atoms with E-state index < -0.39 is 0 Å². The van der Waals surface area contributed by atoms with Gasteiger partial charge in [0.1, 0.15) is 23.7 Å². The fraction of sp³-hybridized carbons (Fsp3) is 0.600. The minimum Gasteiger partial charge on any atom is -0.494 e. The second-order valence-electron chi connectivity index (χ2n) is 4.80. The third-order valence-electron chi connectivity index (χ3n) is 3.23.